The Morgan fingerprint density at radius 2 is 2.10 bits per heavy atom. The average Bonchev–Trinajstić information content (AvgIpc) is 2.35. The summed E-state index contributed by atoms with van der Waals surface area (Å²) in [5.41, 5.74) is 0.207. The summed E-state index contributed by atoms with van der Waals surface area (Å²) < 4.78 is 18.8. The predicted octanol–water partition coefficient (Wildman–Crippen LogP) is 2.42. The quantitative estimate of drug-likeness (QED) is 0.808. The van der Waals surface area contributed by atoms with Crippen molar-refractivity contribution in [3.63, 3.8) is 0 Å². The van der Waals surface area contributed by atoms with E-state index in [0.29, 0.717) is 12.5 Å². The van der Waals surface area contributed by atoms with E-state index in [-0.39, 0.29) is 23.8 Å². The molecule has 0 spiro atoms. The smallest absolute Gasteiger partial charge is 0.257 e. The topological polar surface area (TPSA) is 58.6 Å². The molecule has 5 heteroatoms. The summed E-state index contributed by atoms with van der Waals surface area (Å²) >= 11 is 0. The normalized spacial score (nSPS) is 12.3. The lowest BCUT2D eigenvalue weighted by atomic mass is 10.1. The van der Waals surface area contributed by atoms with Crippen molar-refractivity contribution in [1.29, 1.82) is 0 Å². The molecule has 1 atom stereocenters. The number of carbonyl (C=O) groups excluding carboxylic acids is 1. The minimum atomic E-state index is -0.872. The SMILES string of the molecule is CC(C)CCNC(=O)COc1ccc([C@H](C)O)c(F)c1. The number of ether oxygens (including phenoxy) is 1. The maximum absolute atomic E-state index is 13.6. The number of nitrogens with one attached hydrogen (secondary N) is 1. The summed E-state index contributed by atoms with van der Waals surface area (Å²) in [6.45, 7) is 6.10. The Hall–Kier alpha value is -1.62. The second kappa shape index (κ2) is 7.85. The van der Waals surface area contributed by atoms with Gasteiger partial charge in [-0.05, 0) is 31.4 Å². The Bertz CT molecular complexity index is 447. The number of hydrogen-bond donors (Lipinski definition) is 2. The molecule has 0 saturated carbocycles. The van der Waals surface area contributed by atoms with E-state index in [0.717, 1.165) is 6.42 Å². The van der Waals surface area contributed by atoms with Gasteiger partial charge in [0.2, 0.25) is 0 Å². The summed E-state index contributed by atoms with van der Waals surface area (Å²) in [4.78, 5) is 11.5. The molecule has 1 aromatic carbocycles. The van der Waals surface area contributed by atoms with Crippen LogP contribution in [0.25, 0.3) is 0 Å². The van der Waals surface area contributed by atoms with Crippen LogP contribution >= 0.6 is 0 Å². The number of halogens is 1. The van der Waals surface area contributed by atoms with Gasteiger partial charge >= 0.3 is 0 Å². The van der Waals surface area contributed by atoms with Crippen molar-refractivity contribution in [2.24, 2.45) is 5.92 Å². The van der Waals surface area contributed by atoms with Crippen LogP contribution in [0.1, 0.15) is 38.9 Å². The van der Waals surface area contributed by atoms with Gasteiger partial charge in [0.15, 0.2) is 6.61 Å². The third-order valence-corrected chi connectivity index (χ3v) is 2.84. The van der Waals surface area contributed by atoms with E-state index in [1.807, 2.05) is 0 Å². The number of rotatable bonds is 7. The zero-order chi connectivity index (χ0) is 15.1. The fourth-order valence-corrected chi connectivity index (χ4v) is 1.64. The van der Waals surface area contributed by atoms with Crippen LogP contribution in [0.15, 0.2) is 18.2 Å². The minimum absolute atomic E-state index is 0.147. The van der Waals surface area contributed by atoms with E-state index >= 15 is 0 Å². The van der Waals surface area contributed by atoms with E-state index in [4.69, 9.17) is 4.74 Å². The van der Waals surface area contributed by atoms with Gasteiger partial charge in [0.1, 0.15) is 11.6 Å². The molecule has 1 aromatic rings. The Morgan fingerprint density at radius 3 is 2.65 bits per heavy atom. The Balaban J connectivity index is 2.42. The second-order valence-electron chi connectivity index (χ2n) is 5.18. The fourth-order valence-electron chi connectivity index (χ4n) is 1.64. The summed E-state index contributed by atoms with van der Waals surface area (Å²) in [6.07, 6.45) is 0.0343. The highest BCUT2D eigenvalue weighted by atomic mass is 19.1. The van der Waals surface area contributed by atoms with Crippen LogP contribution in [-0.4, -0.2) is 24.2 Å². The van der Waals surface area contributed by atoms with Crippen LogP contribution < -0.4 is 10.1 Å². The largest absolute Gasteiger partial charge is 0.484 e. The van der Waals surface area contributed by atoms with E-state index in [2.05, 4.69) is 19.2 Å². The number of amides is 1. The molecule has 0 aliphatic rings. The molecule has 20 heavy (non-hydrogen) atoms. The molecule has 0 heterocycles. The lowest BCUT2D eigenvalue weighted by molar-refractivity contribution is -0.123. The lowest BCUT2D eigenvalue weighted by Crippen LogP contribution is -2.30. The van der Waals surface area contributed by atoms with Crippen molar-refractivity contribution < 1.29 is 19.0 Å². The van der Waals surface area contributed by atoms with E-state index in [9.17, 15) is 14.3 Å². The summed E-state index contributed by atoms with van der Waals surface area (Å²) in [7, 11) is 0. The van der Waals surface area contributed by atoms with Gasteiger partial charge in [-0.1, -0.05) is 13.8 Å². The molecule has 112 valence electrons. The third kappa shape index (κ3) is 5.57. The van der Waals surface area contributed by atoms with Crippen LogP contribution in [0.3, 0.4) is 0 Å². The van der Waals surface area contributed by atoms with Crippen LogP contribution in [-0.2, 0) is 4.79 Å². The van der Waals surface area contributed by atoms with Crippen LogP contribution in [0.4, 0.5) is 4.39 Å². The Morgan fingerprint density at radius 1 is 1.40 bits per heavy atom. The molecule has 0 saturated heterocycles. The maximum atomic E-state index is 13.6. The first-order chi connectivity index (χ1) is 9.40. The summed E-state index contributed by atoms with van der Waals surface area (Å²) in [6, 6.07) is 4.15. The summed E-state index contributed by atoms with van der Waals surface area (Å²) in [5, 5.41) is 12.0. The molecule has 2 N–H and O–H groups in total. The molecule has 0 fully saturated rings. The van der Waals surface area contributed by atoms with Gasteiger partial charge in [-0.25, -0.2) is 4.39 Å². The minimum Gasteiger partial charge on any atom is -0.484 e. The van der Waals surface area contributed by atoms with Gasteiger partial charge in [0.05, 0.1) is 6.10 Å². The first-order valence-corrected chi connectivity index (χ1v) is 6.77. The zero-order valence-electron chi connectivity index (χ0n) is 12.1. The van der Waals surface area contributed by atoms with Crippen molar-refractivity contribution in [1.82, 2.24) is 5.32 Å². The highest BCUT2D eigenvalue weighted by molar-refractivity contribution is 5.77. The van der Waals surface area contributed by atoms with Gasteiger partial charge in [0.25, 0.3) is 5.91 Å². The molecule has 0 unspecified atom stereocenters. The summed E-state index contributed by atoms with van der Waals surface area (Å²) in [5.74, 6) is 0.0209. The molecule has 0 aliphatic carbocycles. The lowest BCUT2D eigenvalue weighted by Gasteiger charge is -2.10. The Kier molecular flexibility index (Phi) is 6.45. The first-order valence-electron chi connectivity index (χ1n) is 6.77. The molecule has 0 aliphatic heterocycles. The molecule has 4 nitrogen and oxygen atoms in total. The van der Waals surface area contributed by atoms with E-state index in [1.54, 1.807) is 0 Å². The van der Waals surface area contributed by atoms with Crippen molar-refractivity contribution in [3.05, 3.63) is 29.6 Å². The van der Waals surface area contributed by atoms with Gasteiger partial charge < -0.3 is 15.2 Å². The van der Waals surface area contributed by atoms with Crippen LogP contribution in [0.5, 0.6) is 5.75 Å². The number of hydrogen-bond acceptors (Lipinski definition) is 3. The number of carbonyl (C=O) groups is 1. The highest BCUT2D eigenvalue weighted by Gasteiger charge is 2.10. The maximum Gasteiger partial charge on any atom is 0.257 e. The van der Waals surface area contributed by atoms with E-state index < -0.39 is 11.9 Å². The van der Waals surface area contributed by atoms with Gasteiger partial charge in [-0.15, -0.1) is 0 Å². The first kappa shape index (κ1) is 16.4. The highest BCUT2D eigenvalue weighted by Crippen LogP contribution is 2.21. The molecular weight excluding hydrogens is 261 g/mol. The number of aliphatic hydroxyl groups is 1. The van der Waals surface area contributed by atoms with Crippen molar-refractivity contribution in [2.45, 2.75) is 33.3 Å². The van der Waals surface area contributed by atoms with Gasteiger partial charge in [-0.2, -0.15) is 0 Å². The van der Waals surface area contributed by atoms with Crippen molar-refractivity contribution in [2.75, 3.05) is 13.2 Å². The van der Waals surface area contributed by atoms with Crippen LogP contribution in [0, 0.1) is 11.7 Å². The van der Waals surface area contributed by atoms with E-state index in [1.165, 1.54) is 25.1 Å². The molecule has 1 rings (SSSR count). The van der Waals surface area contributed by atoms with Crippen LogP contribution in [0.2, 0.25) is 0 Å². The standard InChI is InChI=1S/C15H22FNO3/c1-10(2)6-7-17-15(19)9-20-12-4-5-13(11(3)18)14(16)8-12/h4-5,8,10-11,18H,6-7,9H2,1-3H3,(H,17,19)/t11-/m0/s1. The number of benzene rings is 1. The second-order valence-corrected chi connectivity index (χ2v) is 5.18. The number of aliphatic hydroxyl groups excluding tert-OH is 1. The molecule has 0 aromatic heterocycles. The van der Waals surface area contributed by atoms with Gasteiger partial charge in [0, 0.05) is 18.2 Å². The third-order valence-electron chi connectivity index (χ3n) is 2.84. The molecule has 0 bridgehead atoms. The van der Waals surface area contributed by atoms with Gasteiger partial charge in [-0.3, -0.25) is 4.79 Å². The molecule has 1 amide bonds. The predicted molar refractivity (Wildman–Crippen MR) is 75.0 cm³/mol. The zero-order valence-corrected chi connectivity index (χ0v) is 12.1. The average molecular weight is 283 g/mol. The monoisotopic (exact) mass is 283 g/mol. The fraction of sp³-hybridized carbons (Fsp3) is 0.533. The van der Waals surface area contributed by atoms with Crippen molar-refractivity contribution in [3.8, 4) is 5.75 Å². The van der Waals surface area contributed by atoms with Crippen molar-refractivity contribution >= 4 is 5.91 Å². The Labute approximate surface area is 119 Å². The molecular formula is C15H22FNO3. The molecule has 0 radical (unpaired) electrons.